The Balaban J connectivity index is 2.46. The maximum absolute atomic E-state index is 11.6. The van der Waals surface area contributed by atoms with Crippen LogP contribution >= 0.6 is 0 Å². The molecule has 9 heteroatoms. The quantitative estimate of drug-likeness (QED) is 0.706. The van der Waals surface area contributed by atoms with Gasteiger partial charge in [0.05, 0.1) is 16.4 Å². The van der Waals surface area contributed by atoms with Crippen LogP contribution in [-0.2, 0) is 19.9 Å². The number of hydrogen-bond acceptors (Lipinski definition) is 6. The molecule has 1 aromatic carbocycles. The number of hydrogen-bond donors (Lipinski definition) is 2. The number of nitrogens with zero attached hydrogens (tertiary/aromatic N) is 1. The predicted octanol–water partition coefficient (Wildman–Crippen LogP) is -0.541. The number of primary sulfonamides is 1. The Morgan fingerprint density at radius 2 is 1.75 bits per heavy atom. The van der Waals surface area contributed by atoms with E-state index in [1.165, 1.54) is 6.07 Å². The number of anilines is 2. The number of benzene rings is 1. The SMILES string of the molecule is Cc1c(N2CCS(=O)(=O)CC2)cc(N)cc1S(N)(=O)=O. The van der Waals surface area contributed by atoms with Crippen molar-refractivity contribution in [3.63, 3.8) is 0 Å². The van der Waals surface area contributed by atoms with Gasteiger partial charge in [-0.15, -0.1) is 0 Å². The van der Waals surface area contributed by atoms with Crippen LogP contribution in [0.1, 0.15) is 5.56 Å². The average molecular weight is 319 g/mol. The molecule has 1 aromatic rings. The highest BCUT2D eigenvalue weighted by molar-refractivity contribution is 7.91. The predicted molar refractivity (Wildman–Crippen MR) is 77.8 cm³/mol. The lowest BCUT2D eigenvalue weighted by molar-refractivity contribution is 0.585. The number of nitrogens with two attached hydrogens (primary N) is 2. The molecular formula is C11H17N3O4S2. The number of rotatable bonds is 2. The van der Waals surface area contributed by atoms with Crippen LogP contribution in [0.5, 0.6) is 0 Å². The average Bonchev–Trinajstić information content (AvgIpc) is 2.30. The number of sulfonamides is 1. The second-order valence-electron chi connectivity index (χ2n) is 4.85. The van der Waals surface area contributed by atoms with Gasteiger partial charge in [-0.05, 0) is 24.6 Å². The molecule has 20 heavy (non-hydrogen) atoms. The Bertz CT molecular complexity index is 727. The highest BCUT2D eigenvalue weighted by Gasteiger charge is 2.25. The van der Waals surface area contributed by atoms with Gasteiger partial charge in [0, 0.05) is 24.5 Å². The maximum Gasteiger partial charge on any atom is 0.238 e. The molecule has 1 saturated heterocycles. The maximum atomic E-state index is 11.6. The first-order valence-corrected chi connectivity index (χ1v) is 9.35. The molecule has 1 aliphatic rings. The molecule has 0 amide bonds. The number of sulfone groups is 1. The fourth-order valence-corrected chi connectivity index (χ4v) is 4.30. The van der Waals surface area contributed by atoms with Crippen molar-refractivity contribution in [3.8, 4) is 0 Å². The fraction of sp³-hybridized carbons (Fsp3) is 0.455. The van der Waals surface area contributed by atoms with Crippen LogP contribution in [0.3, 0.4) is 0 Å². The third-order valence-electron chi connectivity index (χ3n) is 3.35. The lowest BCUT2D eigenvalue weighted by Gasteiger charge is -2.30. The highest BCUT2D eigenvalue weighted by Crippen LogP contribution is 2.30. The van der Waals surface area contributed by atoms with Gasteiger partial charge in [0.15, 0.2) is 9.84 Å². The van der Waals surface area contributed by atoms with Crippen molar-refractivity contribution in [1.82, 2.24) is 0 Å². The second-order valence-corrected chi connectivity index (χ2v) is 8.68. The lowest BCUT2D eigenvalue weighted by atomic mass is 10.1. The molecule has 1 fully saturated rings. The molecule has 0 saturated carbocycles. The third kappa shape index (κ3) is 3.05. The van der Waals surface area contributed by atoms with Crippen LogP contribution in [0.25, 0.3) is 0 Å². The van der Waals surface area contributed by atoms with E-state index < -0.39 is 19.9 Å². The fourth-order valence-electron chi connectivity index (χ4n) is 2.27. The van der Waals surface area contributed by atoms with Gasteiger partial charge >= 0.3 is 0 Å². The molecule has 0 atom stereocenters. The van der Waals surface area contributed by atoms with E-state index in [0.29, 0.717) is 24.3 Å². The van der Waals surface area contributed by atoms with E-state index in [-0.39, 0.29) is 22.1 Å². The molecule has 7 nitrogen and oxygen atoms in total. The molecule has 0 aliphatic carbocycles. The van der Waals surface area contributed by atoms with Gasteiger partial charge in [-0.25, -0.2) is 22.0 Å². The van der Waals surface area contributed by atoms with Gasteiger partial charge in [0.2, 0.25) is 10.0 Å². The minimum atomic E-state index is -3.86. The minimum absolute atomic E-state index is 0.0269. The largest absolute Gasteiger partial charge is 0.399 e. The van der Waals surface area contributed by atoms with E-state index in [0.717, 1.165) is 0 Å². The summed E-state index contributed by atoms with van der Waals surface area (Å²) in [6, 6.07) is 2.96. The topological polar surface area (TPSA) is 124 Å². The van der Waals surface area contributed by atoms with Gasteiger partial charge in [0.25, 0.3) is 0 Å². The third-order valence-corrected chi connectivity index (χ3v) is 5.99. The Hall–Kier alpha value is -1.32. The van der Waals surface area contributed by atoms with Gasteiger partial charge in [-0.1, -0.05) is 0 Å². The summed E-state index contributed by atoms with van der Waals surface area (Å²) in [5, 5.41) is 5.17. The summed E-state index contributed by atoms with van der Waals surface area (Å²) in [7, 11) is -6.87. The summed E-state index contributed by atoms with van der Waals surface area (Å²) in [6.45, 7) is 2.27. The van der Waals surface area contributed by atoms with E-state index in [4.69, 9.17) is 10.9 Å². The van der Waals surface area contributed by atoms with Crippen LogP contribution in [-0.4, -0.2) is 41.4 Å². The first-order chi connectivity index (χ1) is 9.10. The summed E-state index contributed by atoms with van der Waals surface area (Å²) < 4.78 is 46.0. The molecule has 2 rings (SSSR count). The second kappa shape index (κ2) is 4.90. The van der Waals surface area contributed by atoms with Crippen LogP contribution in [0, 0.1) is 6.92 Å². The zero-order valence-corrected chi connectivity index (χ0v) is 12.7. The van der Waals surface area contributed by atoms with Crippen LogP contribution in [0.4, 0.5) is 11.4 Å². The molecular weight excluding hydrogens is 302 g/mol. The van der Waals surface area contributed by atoms with Crippen LogP contribution in [0.2, 0.25) is 0 Å². The van der Waals surface area contributed by atoms with Crippen molar-refractivity contribution in [2.24, 2.45) is 5.14 Å². The van der Waals surface area contributed by atoms with Gasteiger partial charge in [-0.2, -0.15) is 0 Å². The summed E-state index contributed by atoms with van der Waals surface area (Å²) in [4.78, 5) is 1.79. The summed E-state index contributed by atoms with van der Waals surface area (Å²) in [6.07, 6.45) is 0. The van der Waals surface area contributed by atoms with Crippen LogP contribution in [0.15, 0.2) is 17.0 Å². The zero-order chi connectivity index (χ0) is 15.1. The normalized spacial score (nSPS) is 19.0. The van der Waals surface area contributed by atoms with Crippen molar-refractivity contribution < 1.29 is 16.8 Å². The van der Waals surface area contributed by atoms with Gasteiger partial charge in [-0.3, -0.25) is 0 Å². The summed E-state index contributed by atoms with van der Waals surface area (Å²) in [5.74, 6) is 0.0951. The lowest BCUT2D eigenvalue weighted by Crippen LogP contribution is -2.40. The molecule has 4 N–H and O–H groups in total. The Morgan fingerprint density at radius 3 is 2.25 bits per heavy atom. The van der Waals surface area contributed by atoms with Crippen molar-refractivity contribution in [2.45, 2.75) is 11.8 Å². The molecule has 0 unspecified atom stereocenters. The first kappa shape index (κ1) is 15.1. The van der Waals surface area contributed by atoms with E-state index in [9.17, 15) is 16.8 Å². The molecule has 0 radical (unpaired) electrons. The molecule has 112 valence electrons. The molecule has 0 aromatic heterocycles. The van der Waals surface area contributed by atoms with Crippen molar-refractivity contribution in [1.29, 1.82) is 0 Å². The smallest absolute Gasteiger partial charge is 0.238 e. The van der Waals surface area contributed by atoms with E-state index in [1.807, 2.05) is 4.90 Å². The number of nitrogen functional groups attached to an aromatic ring is 1. The van der Waals surface area contributed by atoms with Crippen LogP contribution < -0.4 is 15.8 Å². The Kier molecular flexibility index (Phi) is 3.69. The zero-order valence-electron chi connectivity index (χ0n) is 11.0. The Morgan fingerprint density at radius 1 is 1.20 bits per heavy atom. The molecule has 1 aliphatic heterocycles. The monoisotopic (exact) mass is 319 g/mol. The molecule has 0 bridgehead atoms. The minimum Gasteiger partial charge on any atom is -0.399 e. The van der Waals surface area contributed by atoms with Gasteiger partial charge < -0.3 is 10.6 Å². The highest BCUT2D eigenvalue weighted by atomic mass is 32.2. The van der Waals surface area contributed by atoms with Gasteiger partial charge in [0.1, 0.15) is 0 Å². The van der Waals surface area contributed by atoms with Crippen molar-refractivity contribution in [3.05, 3.63) is 17.7 Å². The van der Waals surface area contributed by atoms with E-state index >= 15 is 0 Å². The Labute approximate surface area is 118 Å². The first-order valence-electron chi connectivity index (χ1n) is 5.98. The van der Waals surface area contributed by atoms with Crippen molar-refractivity contribution in [2.75, 3.05) is 35.2 Å². The van der Waals surface area contributed by atoms with E-state index in [2.05, 4.69) is 0 Å². The summed E-state index contributed by atoms with van der Waals surface area (Å²) >= 11 is 0. The van der Waals surface area contributed by atoms with E-state index in [1.54, 1.807) is 13.0 Å². The standard InChI is InChI=1S/C11H17N3O4S2/c1-8-10(14-2-4-19(15,16)5-3-14)6-9(12)7-11(8)20(13,17)18/h6-7H,2-5,12H2,1H3,(H2,13,17,18). The molecule has 1 heterocycles. The summed E-state index contributed by atoms with van der Waals surface area (Å²) in [5.41, 5.74) is 7.10. The molecule has 0 spiro atoms. The van der Waals surface area contributed by atoms with Crippen molar-refractivity contribution >= 4 is 31.2 Å².